The van der Waals surface area contributed by atoms with Crippen molar-refractivity contribution in [1.82, 2.24) is 63.3 Å². The van der Waals surface area contributed by atoms with Crippen LogP contribution in [0.2, 0.25) is 0 Å². The number of primary amides is 2. The second-order valence-corrected chi connectivity index (χ2v) is 21.6. The summed E-state index contributed by atoms with van der Waals surface area (Å²) in [5.74, 6) is -8.83. The van der Waals surface area contributed by atoms with E-state index in [1.807, 2.05) is 24.3 Å². The van der Waals surface area contributed by atoms with E-state index in [0.717, 1.165) is 17.8 Å². The number of hydrogen-bond acceptors (Lipinski definition) is 14. The topological polar surface area (TPSA) is 458 Å². The number of aromatic amines is 1. The Bertz CT molecular complexity index is 3100. The Labute approximate surface area is 502 Å². The monoisotopic (exact) mass is 1210 g/mol. The van der Waals surface area contributed by atoms with Gasteiger partial charge in [-0.05, 0) is 79.8 Å². The fraction of sp³-hybridized carbons (Fsp3) is 0.448. The number of guanidine groups is 1. The highest BCUT2D eigenvalue weighted by Gasteiger charge is 2.40. The van der Waals surface area contributed by atoms with Gasteiger partial charge in [-0.1, -0.05) is 74.5 Å². The highest BCUT2D eigenvalue weighted by atomic mass is 16.3. The molecule has 1 aliphatic heterocycles. The number of aliphatic hydroxyl groups is 1. The number of para-hydroxylation sites is 1. The average molecular weight is 1210 g/mol. The summed E-state index contributed by atoms with van der Waals surface area (Å²) >= 11 is 0. The van der Waals surface area contributed by atoms with Crippen LogP contribution in [0.15, 0.2) is 90.1 Å². The second kappa shape index (κ2) is 33.0. The molecule has 12 amide bonds. The smallest absolute Gasteiger partial charge is 0.334 e. The molecule has 0 bridgehead atoms. The summed E-state index contributed by atoms with van der Waals surface area (Å²) in [6.07, 6.45) is -0.155. The lowest BCUT2D eigenvalue weighted by molar-refractivity contribution is -0.142. The first-order valence-electron chi connectivity index (χ1n) is 28.4. The Hall–Kier alpha value is -9.80. The first kappa shape index (κ1) is 68.0. The molecule has 2 heterocycles. The van der Waals surface area contributed by atoms with Crippen molar-refractivity contribution in [2.75, 3.05) is 20.1 Å². The van der Waals surface area contributed by atoms with Gasteiger partial charge in [0.15, 0.2) is 5.96 Å². The van der Waals surface area contributed by atoms with E-state index in [1.54, 1.807) is 62.5 Å². The van der Waals surface area contributed by atoms with Crippen molar-refractivity contribution in [3.05, 3.63) is 102 Å². The number of nitrogens with zero attached hydrogens (tertiary/aromatic N) is 2. The van der Waals surface area contributed by atoms with Crippen LogP contribution < -0.4 is 70.6 Å². The van der Waals surface area contributed by atoms with Crippen molar-refractivity contribution >= 4 is 82.0 Å². The number of urea groups is 1. The van der Waals surface area contributed by atoms with E-state index in [-0.39, 0.29) is 75.7 Å². The molecule has 0 radical (unpaired) electrons. The maximum Gasteiger partial charge on any atom is 0.334 e. The number of nitrogens with two attached hydrogens (primary N) is 3. The summed E-state index contributed by atoms with van der Waals surface area (Å²) in [4.78, 5) is 157. The van der Waals surface area contributed by atoms with Crippen molar-refractivity contribution in [3.8, 4) is 5.75 Å². The number of phenolic OH excluding ortho intramolecular Hbond substituents is 1. The molecule has 29 heteroatoms. The van der Waals surface area contributed by atoms with Crippen LogP contribution in [0.25, 0.3) is 10.9 Å². The van der Waals surface area contributed by atoms with E-state index >= 15 is 0 Å². The van der Waals surface area contributed by atoms with Crippen molar-refractivity contribution < 1.29 is 63.0 Å². The number of rotatable bonds is 30. The van der Waals surface area contributed by atoms with E-state index in [1.165, 1.54) is 31.0 Å². The van der Waals surface area contributed by atoms with Gasteiger partial charge >= 0.3 is 6.03 Å². The van der Waals surface area contributed by atoms with Gasteiger partial charge in [0.25, 0.3) is 5.91 Å². The molecule has 0 aliphatic carbocycles. The Morgan fingerprint density at radius 1 is 0.667 bits per heavy atom. The predicted molar refractivity (Wildman–Crippen MR) is 318 cm³/mol. The summed E-state index contributed by atoms with van der Waals surface area (Å²) in [7, 11) is 1.48. The summed E-state index contributed by atoms with van der Waals surface area (Å²) in [5, 5.41) is 42.0. The van der Waals surface area contributed by atoms with Gasteiger partial charge in [0.2, 0.25) is 53.2 Å². The Balaban J connectivity index is 1.27. The fourth-order valence-electron chi connectivity index (χ4n) is 9.74. The molecule has 0 spiro atoms. The molecule has 3 aromatic carbocycles. The van der Waals surface area contributed by atoms with Gasteiger partial charge in [-0.2, -0.15) is 0 Å². The van der Waals surface area contributed by atoms with Gasteiger partial charge in [-0.3, -0.25) is 58.4 Å². The predicted octanol–water partition coefficient (Wildman–Crippen LogP) is -2.38. The summed E-state index contributed by atoms with van der Waals surface area (Å²) in [6.45, 7) is 6.25. The third kappa shape index (κ3) is 21.3. The minimum Gasteiger partial charge on any atom is -0.508 e. The van der Waals surface area contributed by atoms with Crippen LogP contribution in [0.5, 0.6) is 5.75 Å². The van der Waals surface area contributed by atoms with E-state index in [4.69, 9.17) is 17.2 Å². The van der Waals surface area contributed by atoms with Crippen molar-refractivity contribution in [3.63, 3.8) is 0 Å². The number of amides is 12. The number of carbonyl (C=O) groups excluding carboxylic acids is 11. The number of hydrazine groups is 1. The first-order valence-corrected chi connectivity index (χ1v) is 28.4. The van der Waals surface area contributed by atoms with Crippen molar-refractivity contribution in [1.29, 1.82) is 0 Å². The number of carbonyl (C=O) groups is 11. The number of likely N-dealkylation sites (tertiary alicyclic amines) is 1. The first-order chi connectivity index (χ1) is 41.3. The second-order valence-electron chi connectivity index (χ2n) is 21.6. The van der Waals surface area contributed by atoms with E-state index in [2.05, 4.69) is 63.4 Å². The van der Waals surface area contributed by atoms with E-state index in [0.29, 0.717) is 23.1 Å². The van der Waals surface area contributed by atoms with Crippen molar-refractivity contribution in [2.45, 2.75) is 140 Å². The molecule has 1 aromatic heterocycles. The number of nitrogens with one attached hydrogen (secondary N) is 11. The van der Waals surface area contributed by atoms with Gasteiger partial charge in [0.1, 0.15) is 54.1 Å². The molecular weight excluding hydrogens is 1130 g/mol. The molecule has 5 rings (SSSR count). The summed E-state index contributed by atoms with van der Waals surface area (Å²) < 4.78 is 0. The van der Waals surface area contributed by atoms with E-state index in [9.17, 15) is 63.0 Å². The normalized spacial score (nSPS) is 15.8. The molecular formula is C58H80N16O13. The molecule has 29 nitrogen and oxygen atoms in total. The Morgan fingerprint density at radius 3 is 1.93 bits per heavy atom. The van der Waals surface area contributed by atoms with Crippen LogP contribution in [-0.2, 0) is 67.2 Å². The third-order valence-corrected chi connectivity index (χ3v) is 14.1. The minimum atomic E-state index is -1.85. The third-order valence-electron chi connectivity index (χ3n) is 14.1. The van der Waals surface area contributed by atoms with Crippen LogP contribution in [-0.4, -0.2) is 166 Å². The number of aliphatic hydroxyl groups excluding tert-OH is 1. The highest BCUT2D eigenvalue weighted by molar-refractivity contribution is 5.99. The highest BCUT2D eigenvalue weighted by Crippen LogP contribution is 2.22. The minimum absolute atomic E-state index is 0.00753. The number of aromatic nitrogens is 1. The lowest BCUT2D eigenvalue weighted by Gasteiger charge is -2.30. The number of phenols is 1. The van der Waals surface area contributed by atoms with Gasteiger partial charge in [0, 0.05) is 63.4 Å². The van der Waals surface area contributed by atoms with Crippen LogP contribution >= 0.6 is 0 Å². The quantitative estimate of drug-likeness (QED) is 0.0112. The van der Waals surface area contributed by atoms with Crippen LogP contribution in [0.3, 0.4) is 0 Å². The van der Waals surface area contributed by atoms with Gasteiger partial charge in [-0.15, -0.1) is 0 Å². The molecule has 87 heavy (non-hydrogen) atoms. The largest absolute Gasteiger partial charge is 0.508 e. The van der Waals surface area contributed by atoms with Gasteiger partial charge in [-0.25, -0.2) is 10.2 Å². The summed E-state index contributed by atoms with van der Waals surface area (Å²) in [6, 6.07) is 9.29. The molecule has 0 unspecified atom stereocenters. The zero-order chi connectivity index (χ0) is 63.9. The lowest BCUT2D eigenvalue weighted by atomic mass is 10.0. The Kier molecular flexibility index (Phi) is 25.8. The van der Waals surface area contributed by atoms with Crippen LogP contribution in [0, 0.1) is 5.92 Å². The molecule has 4 aromatic rings. The lowest BCUT2D eigenvalue weighted by Crippen LogP contribution is -2.62. The number of H-pyrrole nitrogens is 1. The molecule has 1 fully saturated rings. The maximum absolute atomic E-state index is 14.1. The standard InChI is InChI=1S/C58H80N16O13/c1-31(2)25-42(51(81)66-40(17-11-23-63-57(61)62-5)50(80)67-41(49(60)79)28-36-30-64-39-16-10-9-15-38(36)39)70-58(87)73-72-53(83)43(26-34-13-7-6-8-14-34)69-55(85)48(32(3)75)71-52(82)44(29-47(59)78)68-54(84)46-18-12-24-74(46)56(86)45(65-33(4)76)27-35-19-21-37(77)22-20-35/h6-10,13-16,19-22,30-32,40-46,48,64,75,77H,11-12,17-18,23-29H2,1-5H3,(H2,59,78)(H2,60,79)(H,65,76)(H,66,81)(H,67,80)(H,68,84)(H,69,85)(H,71,82)(H,72,83)(H3,61,62,63)(H2,70,73,87)/t32-,40+,41+,42+,43+,44-,45-,46+,48+/m1/s1. The number of hydrogen-bond donors (Lipinski definition) is 16. The molecule has 9 atom stereocenters. The zero-order valence-corrected chi connectivity index (χ0v) is 49.1. The maximum atomic E-state index is 14.1. The van der Waals surface area contributed by atoms with Gasteiger partial charge < -0.3 is 79.8 Å². The molecule has 470 valence electrons. The Morgan fingerprint density at radius 2 is 1.29 bits per heavy atom. The molecule has 0 saturated carbocycles. The average Bonchev–Trinajstić information content (AvgIpc) is 2.40. The number of aromatic hydroxyl groups is 1. The van der Waals surface area contributed by atoms with Crippen LogP contribution in [0.1, 0.15) is 82.9 Å². The fourth-order valence-corrected chi connectivity index (χ4v) is 9.74. The molecule has 1 aliphatic rings. The number of fused-ring (bicyclic) bond motifs is 1. The number of benzene rings is 3. The molecule has 19 N–H and O–H groups in total. The summed E-state index contributed by atoms with van der Waals surface area (Å²) in [5.41, 5.74) is 24.1. The van der Waals surface area contributed by atoms with Crippen molar-refractivity contribution in [2.24, 2.45) is 28.1 Å². The zero-order valence-electron chi connectivity index (χ0n) is 49.1. The van der Waals surface area contributed by atoms with Crippen LogP contribution in [0.4, 0.5) is 4.79 Å². The molecule has 1 saturated heterocycles. The van der Waals surface area contributed by atoms with E-state index < -0.39 is 126 Å². The number of aliphatic imine (C=N–C) groups is 1. The SMILES string of the molecule is CN=C(N)NCCC[C@H](NC(=O)[C@H](CC(C)C)NC(=O)NNC(=O)[C@H](Cc1ccccc1)NC(=O)[C@@H](NC(=O)[C@@H](CC(N)=O)NC(=O)[C@@H]1CCCN1C(=O)[C@@H](Cc1ccc(O)cc1)NC(C)=O)[C@@H](C)O)C(=O)N[C@@H](Cc1c[nH]c2ccccc12)C(N)=O. The van der Waals surface area contributed by atoms with Gasteiger partial charge in [0.05, 0.1) is 12.5 Å².